The van der Waals surface area contributed by atoms with Crippen molar-refractivity contribution in [2.45, 2.75) is 26.3 Å². The quantitative estimate of drug-likeness (QED) is 0.358. The van der Waals surface area contributed by atoms with Crippen LogP contribution in [0.3, 0.4) is 0 Å². The van der Waals surface area contributed by atoms with E-state index in [2.05, 4.69) is 47.6 Å². The number of hydrogen-bond donors (Lipinski definition) is 3. The van der Waals surface area contributed by atoms with Gasteiger partial charge in [0.15, 0.2) is 5.82 Å². The van der Waals surface area contributed by atoms with Crippen LogP contribution in [0.4, 0.5) is 23.3 Å². The first-order chi connectivity index (χ1) is 17.4. The van der Waals surface area contributed by atoms with E-state index in [1.165, 1.54) is 6.33 Å². The van der Waals surface area contributed by atoms with Crippen molar-refractivity contribution in [1.29, 1.82) is 0 Å². The van der Waals surface area contributed by atoms with Crippen molar-refractivity contribution in [2.24, 2.45) is 7.05 Å². The standard InChI is InChI=1S/C25H27N9O2/c1-14(2)18-10-21(34(4)33-18)31-24(35)16-6-5-15(3)19(9-16)30-23-22-20(27-13-28-23)11-26-25(32-22)29-17-7-8-36-12-17/h5-6,9-11,13,17H,1,7-8,12H2,2-4H3,(H,31,35)(H,26,29,32)(H,27,28,30). The predicted molar refractivity (Wildman–Crippen MR) is 138 cm³/mol. The summed E-state index contributed by atoms with van der Waals surface area (Å²) < 4.78 is 7.04. The van der Waals surface area contributed by atoms with E-state index >= 15 is 0 Å². The number of carbonyl (C=O) groups excluding carboxylic acids is 1. The highest BCUT2D eigenvalue weighted by molar-refractivity contribution is 6.05. The molecule has 184 valence electrons. The summed E-state index contributed by atoms with van der Waals surface area (Å²) in [5.41, 5.74) is 4.89. The molecule has 4 heterocycles. The van der Waals surface area contributed by atoms with Gasteiger partial charge in [0.1, 0.15) is 23.2 Å². The van der Waals surface area contributed by atoms with Gasteiger partial charge in [-0.1, -0.05) is 12.6 Å². The van der Waals surface area contributed by atoms with Gasteiger partial charge >= 0.3 is 0 Å². The molecule has 11 heteroatoms. The smallest absolute Gasteiger partial charge is 0.256 e. The fourth-order valence-corrected chi connectivity index (χ4v) is 3.85. The molecule has 3 N–H and O–H groups in total. The molecule has 1 atom stereocenters. The van der Waals surface area contributed by atoms with Gasteiger partial charge in [0, 0.05) is 31.0 Å². The summed E-state index contributed by atoms with van der Waals surface area (Å²) in [7, 11) is 1.77. The average molecular weight is 486 g/mol. The van der Waals surface area contributed by atoms with Crippen molar-refractivity contribution in [1.82, 2.24) is 29.7 Å². The van der Waals surface area contributed by atoms with Crippen molar-refractivity contribution in [2.75, 3.05) is 29.2 Å². The number of rotatable bonds is 7. The number of nitrogens with one attached hydrogen (secondary N) is 3. The Labute approximate surface area is 208 Å². The Morgan fingerprint density at radius 1 is 1.22 bits per heavy atom. The Balaban J connectivity index is 1.40. The minimum atomic E-state index is -0.255. The van der Waals surface area contributed by atoms with Gasteiger partial charge in [0.2, 0.25) is 5.95 Å². The van der Waals surface area contributed by atoms with Gasteiger partial charge in [0.05, 0.1) is 24.5 Å². The Bertz CT molecular complexity index is 1460. The number of benzene rings is 1. The number of hydrogen-bond acceptors (Lipinski definition) is 9. The highest BCUT2D eigenvalue weighted by Gasteiger charge is 2.18. The van der Waals surface area contributed by atoms with Gasteiger partial charge in [-0.25, -0.2) is 19.9 Å². The molecule has 0 spiro atoms. The number of ether oxygens (including phenoxy) is 1. The molecular formula is C25H27N9O2. The van der Waals surface area contributed by atoms with E-state index in [4.69, 9.17) is 4.74 Å². The molecule has 1 aliphatic rings. The van der Waals surface area contributed by atoms with E-state index in [1.54, 1.807) is 36.1 Å². The minimum absolute atomic E-state index is 0.173. The maximum Gasteiger partial charge on any atom is 0.256 e. The zero-order chi connectivity index (χ0) is 25.2. The third kappa shape index (κ3) is 4.86. The summed E-state index contributed by atoms with van der Waals surface area (Å²) in [5.74, 6) is 1.34. The Morgan fingerprint density at radius 3 is 2.83 bits per heavy atom. The lowest BCUT2D eigenvalue weighted by Gasteiger charge is -2.14. The van der Waals surface area contributed by atoms with Crippen molar-refractivity contribution in [3.05, 3.63) is 60.2 Å². The number of carbonyl (C=O) groups is 1. The van der Waals surface area contributed by atoms with Crippen molar-refractivity contribution < 1.29 is 9.53 Å². The van der Waals surface area contributed by atoms with Crippen molar-refractivity contribution in [3.63, 3.8) is 0 Å². The maximum absolute atomic E-state index is 13.0. The van der Waals surface area contributed by atoms with Crippen molar-refractivity contribution >= 4 is 45.8 Å². The van der Waals surface area contributed by atoms with Crippen LogP contribution in [-0.4, -0.2) is 54.9 Å². The van der Waals surface area contributed by atoms with Crippen LogP contribution in [0, 0.1) is 6.92 Å². The molecule has 0 saturated carbocycles. The molecule has 0 radical (unpaired) electrons. The van der Waals surface area contributed by atoms with Crippen LogP contribution in [0.1, 0.15) is 35.0 Å². The number of amides is 1. The second-order valence-electron chi connectivity index (χ2n) is 8.78. The first kappa shape index (κ1) is 23.4. The van der Waals surface area contributed by atoms with E-state index in [0.29, 0.717) is 40.8 Å². The van der Waals surface area contributed by atoms with Crippen molar-refractivity contribution in [3.8, 4) is 0 Å². The maximum atomic E-state index is 13.0. The first-order valence-corrected chi connectivity index (χ1v) is 11.6. The zero-order valence-electron chi connectivity index (χ0n) is 20.4. The minimum Gasteiger partial charge on any atom is -0.379 e. The Hall–Kier alpha value is -4.38. The largest absolute Gasteiger partial charge is 0.379 e. The van der Waals surface area contributed by atoms with Crippen LogP contribution in [0.2, 0.25) is 0 Å². The Morgan fingerprint density at radius 2 is 2.08 bits per heavy atom. The first-order valence-electron chi connectivity index (χ1n) is 11.6. The Kier molecular flexibility index (Phi) is 6.30. The van der Waals surface area contributed by atoms with Crippen LogP contribution in [0.25, 0.3) is 16.6 Å². The van der Waals surface area contributed by atoms with Crippen LogP contribution >= 0.6 is 0 Å². The summed E-state index contributed by atoms with van der Waals surface area (Å²) >= 11 is 0. The van der Waals surface area contributed by atoms with Crippen LogP contribution in [0.15, 0.2) is 43.4 Å². The second kappa shape index (κ2) is 9.70. The van der Waals surface area contributed by atoms with E-state index < -0.39 is 0 Å². The molecule has 0 aliphatic carbocycles. The van der Waals surface area contributed by atoms with E-state index in [1.807, 2.05) is 19.9 Å². The SMILES string of the molecule is C=C(C)c1cc(NC(=O)c2ccc(C)c(Nc3ncnc4cnc(NC5CCOC5)nc34)c2)n(C)n1. The number of nitrogens with zero attached hydrogens (tertiary/aromatic N) is 6. The van der Waals surface area contributed by atoms with E-state index in [-0.39, 0.29) is 11.9 Å². The topological polar surface area (TPSA) is 132 Å². The molecule has 1 amide bonds. The van der Waals surface area contributed by atoms with Gasteiger partial charge in [-0.2, -0.15) is 5.10 Å². The van der Waals surface area contributed by atoms with Gasteiger partial charge in [-0.15, -0.1) is 0 Å². The van der Waals surface area contributed by atoms with Crippen LogP contribution in [-0.2, 0) is 11.8 Å². The lowest BCUT2D eigenvalue weighted by atomic mass is 10.1. The third-order valence-electron chi connectivity index (χ3n) is 5.95. The number of fused-ring (bicyclic) bond motifs is 1. The highest BCUT2D eigenvalue weighted by Crippen LogP contribution is 2.26. The lowest BCUT2D eigenvalue weighted by Crippen LogP contribution is -2.20. The predicted octanol–water partition coefficient (Wildman–Crippen LogP) is 3.69. The van der Waals surface area contributed by atoms with Gasteiger partial charge in [-0.05, 0) is 43.5 Å². The molecular weight excluding hydrogens is 458 g/mol. The fraction of sp³-hybridized carbons (Fsp3) is 0.280. The highest BCUT2D eigenvalue weighted by atomic mass is 16.5. The number of aromatic nitrogens is 6. The van der Waals surface area contributed by atoms with Gasteiger partial charge in [0.25, 0.3) is 5.91 Å². The molecule has 36 heavy (non-hydrogen) atoms. The van der Waals surface area contributed by atoms with Gasteiger partial charge in [-0.3, -0.25) is 9.48 Å². The molecule has 3 aromatic heterocycles. The van der Waals surface area contributed by atoms with Gasteiger partial charge < -0.3 is 20.7 Å². The monoisotopic (exact) mass is 485 g/mol. The summed E-state index contributed by atoms with van der Waals surface area (Å²) in [4.78, 5) is 30.7. The fourth-order valence-electron chi connectivity index (χ4n) is 3.85. The molecule has 4 aromatic rings. The molecule has 5 rings (SSSR count). The molecule has 1 aliphatic heterocycles. The number of aryl methyl sites for hydroxylation is 2. The van der Waals surface area contributed by atoms with E-state index in [9.17, 15) is 4.79 Å². The van der Waals surface area contributed by atoms with E-state index in [0.717, 1.165) is 35.5 Å². The van der Waals surface area contributed by atoms with Crippen LogP contribution in [0.5, 0.6) is 0 Å². The number of anilines is 4. The van der Waals surface area contributed by atoms with Crippen LogP contribution < -0.4 is 16.0 Å². The molecule has 1 aromatic carbocycles. The summed E-state index contributed by atoms with van der Waals surface area (Å²) in [6.45, 7) is 9.08. The third-order valence-corrected chi connectivity index (χ3v) is 5.95. The molecule has 1 unspecified atom stereocenters. The number of allylic oxidation sites excluding steroid dienone is 1. The normalized spacial score (nSPS) is 15.1. The summed E-state index contributed by atoms with van der Waals surface area (Å²) in [6, 6.07) is 7.41. The summed E-state index contributed by atoms with van der Waals surface area (Å²) in [5, 5.41) is 13.9. The molecule has 11 nitrogen and oxygen atoms in total. The average Bonchev–Trinajstić information content (AvgIpc) is 3.50. The zero-order valence-corrected chi connectivity index (χ0v) is 20.4. The molecule has 1 saturated heterocycles. The summed E-state index contributed by atoms with van der Waals surface area (Å²) in [6.07, 6.45) is 4.02. The molecule has 0 bridgehead atoms. The second-order valence-corrected chi connectivity index (χ2v) is 8.78. The molecule has 1 fully saturated rings. The lowest BCUT2D eigenvalue weighted by molar-refractivity contribution is 0.102.